The van der Waals surface area contributed by atoms with Gasteiger partial charge in [-0.15, -0.1) is 0 Å². The van der Waals surface area contributed by atoms with E-state index in [4.69, 9.17) is 4.42 Å². The van der Waals surface area contributed by atoms with Gasteiger partial charge in [-0.3, -0.25) is 0 Å². The topological polar surface area (TPSA) is 13.1 Å². The van der Waals surface area contributed by atoms with E-state index in [1.54, 1.807) is 18.6 Å². The van der Waals surface area contributed by atoms with Crippen molar-refractivity contribution in [1.82, 2.24) is 0 Å². The first-order chi connectivity index (χ1) is 4.43. The normalized spacial score (nSPS) is 10.2. The summed E-state index contributed by atoms with van der Waals surface area (Å²) in [6.07, 6.45) is 9.53. The molecule has 0 aliphatic carbocycles. The second-order valence-electron chi connectivity index (χ2n) is 1.59. The van der Waals surface area contributed by atoms with E-state index < -0.39 is 0 Å². The van der Waals surface area contributed by atoms with Crippen LogP contribution in [-0.4, -0.2) is 0 Å². The lowest BCUT2D eigenvalue weighted by Gasteiger charge is -1.74. The zero-order chi connectivity index (χ0) is 6.53. The van der Waals surface area contributed by atoms with Gasteiger partial charge in [0.1, 0.15) is 0 Å². The summed E-state index contributed by atoms with van der Waals surface area (Å²) in [5.41, 5.74) is 1.03. The van der Waals surface area contributed by atoms with Crippen molar-refractivity contribution in [3.8, 4) is 0 Å². The highest BCUT2D eigenvalue weighted by Gasteiger charge is 1.82. The molecule has 1 rings (SSSR count). The highest BCUT2D eigenvalue weighted by Crippen LogP contribution is 2.01. The zero-order valence-corrected chi connectivity index (χ0v) is 5.00. The lowest BCUT2D eigenvalue weighted by atomic mass is 10.3. The molecule has 0 aliphatic heterocycles. The first kappa shape index (κ1) is 5.89. The molecule has 1 nitrogen and oxygen atoms in total. The van der Waals surface area contributed by atoms with E-state index in [0.29, 0.717) is 0 Å². The van der Waals surface area contributed by atoms with E-state index in [-0.39, 0.29) is 0 Å². The molecule has 0 aromatic carbocycles. The number of allylic oxidation sites excluding steroid dienone is 2. The van der Waals surface area contributed by atoms with Crippen LogP contribution in [0.3, 0.4) is 0 Å². The minimum absolute atomic E-state index is 1.03. The molecule has 0 spiro atoms. The Labute approximate surface area is 54.3 Å². The lowest BCUT2D eigenvalue weighted by molar-refractivity contribution is 0.567. The summed E-state index contributed by atoms with van der Waals surface area (Å²) in [6, 6.07) is 1.87. The third kappa shape index (κ3) is 1.61. The Balaban J connectivity index is 2.67. The zero-order valence-electron chi connectivity index (χ0n) is 5.00. The molecular formula is C8H7O. The fourth-order valence-corrected chi connectivity index (χ4v) is 0.525. The highest BCUT2D eigenvalue weighted by atomic mass is 16.3. The molecule has 0 fully saturated rings. The summed E-state index contributed by atoms with van der Waals surface area (Å²) in [5.74, 6) is 0. The van der Waals surface area contributed by atoms with Crippen LogP contribution in [0.15, 0.2) is 35.7 Å². The first-order valence-electron chi connectivity index (χ1n) is 2.65. The molecule has 1 heterocycles. The molecule has 0 unspecified atom stereocenters. The Hall–Kier alpha value is -1.24. The number of hydrogen-bond donors (Lipinski definition) is 0. The molecule has 1 aromatic rings. The number of rotatable bonds is 2. The summed E-state index contributed by atoms with van der Waals surface area (Å²) < 4.78 is 4.81. The number of furan rings is 1. The summed E-state index contributed by atoms with van der Waals surface area (Å²) in [4.78, 5) is 0. The molecule has 0 saturated carbocycles. The van der Waals surface area contributed by atoms with E-state index in [9.17, 15) is 0 Å². The molecule has 0 N–H and O–H groups in total. The van der Waals surface area contributed by atoms with Gasteiger partial charge in [-0.2, -0.15) is 0 Å². The van der Waals surface area contributed by atoms with E-state index in [1.165, 1.54) is 0 Å². The molecule has 1 aromatic heterocycles. The van der Waals surface area contributed by atoms with Crippen LogP contribution in [0.5, 0.6) is 0 Å². The van der Waals surface area contributed by atoms with Crippen LogP contribution in [0.25, 0.3) is 6.08 Å². The van der Waals surface area contributed by atoms with Crippen LogP contribution in [0.4, 0.5) is 0 Å². The minimum atomic E-state index is 1.03. The van der Waals surface area contributed by atoms with Crippen molar-refractivity contribution in [3.63, 3.8) is 0 Å². The van der Waals surface area contributed by atoms with Crippen LogP contribution in [0.1, 0.15) is 5.56 Å². The second kappa shape index (κ2) is 2.92. The third-order valence-electron chi connectivity index (χ3n) is 0.937. The predicted molar refractivity (Wildman–Crippen MR) is 36.6 cm³/mol. The fraction of sp³-hybridized carbons (Fsp3) is 0. The summed E-state index contributed by atoms with van der Waals surface area (Å²) in [6.45, 7) is 3.42. The molecular weight excluding hydrogens is 112 g/mol. The number of hydrogen-bond acceptors (Lipinski definition) is 1. The average Bonchev–Trinajstić information content (AvgIpc) is 2.34. The van der Waals surface area contributed by atoms with Crippen LogP contribution >= 0.6 is 0 Å². The van der Waals surface area contributed by atoms with Gasteiger partial charge in [0.05, 0.1) is 12.5 Å². The van der Waals surface area contributed by atoms with Crippen molar-refractivity contribution in [3.05, 3.63) is 42.9 Å². The minimum Gasteiger partial charge on any atom is -0.472 e. The SMILES string of the molecule is C=[C]/C=C/c1ccoc1. The Morgan fingerprint density at radius 2 is 2.56 bits per heavy atom. The Bertz CT molecular complexity index is 194. The van der Waals surface area contributed by atoms with E-state index in [1.807, 2.05) is 12.1 Å². The van der Waals surface area contributed by atoms with Crippen molar-refractivity contribution in [2.24, 2.45) is 0 Å². The Morgan fingerprint density at radius 1 is 1.67 bits per heavy atom. The monoisotopic (exact) mass is 119 g/mol. The maximum absolute atomic E-state index is 4.81. The van der Waals surface area contributed by atoms with Crippen molar-refractivity contribution in [2.45, 2.75) is 0 Å². The van der Waals surface area contributed by atoms with Crippen LogP contribution in [-0.2, 0) is 0 Å². The van der Waals surface area contributed by atoms with E-state index in [0.717, 1.165) is 5.56 Å². The van der Waals surface area contributed by atoms with Gasteiger partial charge >= 0.3 is 0 Å². The standard InChI is InChI=1S/C8H7O/c1-2-3-4-8-5-6-9-7-8/h3-7H,1H2/b4-3+. The van der Waals surface area contributed by atoms with Crippen LogP contribution in [0, 0.1) is 6.08 Å². The van der Waals surface area contributed by atoms with Gasteiger partial charge in [-0.25, -0.2) is 0 Å². The third-order valence-corrected chi connectivity index (χ3v) is 0.937. The van der Waals surface area contributed by atoms with Gasteiger partial charge in [-0.1, -0.05) is 18.7 Å². The Kier molecular flexibility index (Phi) is 1.91. The molecule has 45 valence electrons. The second-order valence-corrected chi connectivity index (χ2v) is 1.59. The maximum atomic E-state index is 4.81. The molecule has 0 amide bonds. The first-order valence-corrected chi connectivity index (χ1v) is 2.65. The smallest absolute Gasteiger partial charge is 0.0974 e. The summed E-state index contributed by atoms with van der Waals surface area (Å²) in [5, 5.41) is 0. The largest absolute Gasteiger partial charge is 0.472 e. The van der Waals surface area contributed by atoms with Crippen molar-refractivity contribution in [1.29, 1.82) is 0 Å². The fourth-order valence-electron chi connectivity index (χ4n) is 0.525. The summed E-state index contributed by atoms with van der Waals surface area (Å²) in [7, 11) is 0. The molecule has 0 aliphatic rings. The van der Waals surface area contributed by atoms with Gasteiger partial charge in [-0.05, 0) is 12.1 Å². The van der Waals surface area contributed by atoms with Gasteiger partial charge in [0.15, 0.2) is 0 Å². The van der Waals surface area contributed by atoms with Gasteiger partial charge < -0.3 is 4.42 Å². The Morgan fingerprint density at radius 3 is 3.11 bits per heavy atom. The van der Waals surface area contributed by atoms with E-state index in [2.05, 4.69) is 12.7 Å². The molecule has 0 bridgehead atoms. The van der Waals surface area contributed by atoms with E-state index >= 15 is 0 Å². The van der Waals surface area contributed by atoms with Crippen LogP contribution < -0.4 is 0 Å². The van der Waals surface area contributed by atoms with Crippen molar-refractivity contribution < 1.29 is 4.42 Å². The summed E-state index contributed by atoms with van der Waals surface area (Å²) >= 11 is 0. The molecule has 1 radical (unpaired) electrons. The molecule has 0 saturated heterocycles. The van der Waals surface area contributed by atoms with Gasteiger partial charge in [0, 0.05) is 5.56 Å². The highest BCUT2D eigenvalue weighted by molar-refractivity contribution is 5.47. The molecule has 0 atom stereocenters. The van der Waals surface area contributed by atoms with Gasteiger partial charge in [0.2, 0.25) is 0 Å². The van der Waals surface area contributed by atoms with Gasteiger partial charge in [0.25, 0.3) is 0 Å². The molecule has 9 heavy (non-hydrogen) atoms. The van der Waals surface area contributed by atoms with Crippen molar-refractivity contribution in [2.75, 3.05) is 0 Å². The maximum Gasteiger partial charge on any atom is 0.0974 e. The van der Waals surface area contributed by atoms with Crippen molar-refractivity contribution >= 4 is 6.08 Å². The van der Waals surface area contributed by atoms with Crippen LogP contribution in [0.2, 0.25) is 0 Å². The average molecular weight is 119 g/mol. The molecule has 1 heteroatoms. The predicted octanol–water partition coefficient (Wildman–Crippen LogP) is 2.28. The lowest BCUT2D eigenvalue weighted by Crippen LogP contribution is -1.55. The quantitative estimate of drug-likeness (QED) is 0.544.